The first-order valence-electron chi connectivity index (χ1n) is 3.01. The lowest BCUT2D eigenvalue weighted by Gasteiger charge is -2.01. The Hall–Kier alpha value is -1.43. The van der Waals surface area contributed by atoms with Crippen LogP contribution in [0.5, 0.6) is 0 Å². The largest absolute Gasteiger partial charge is 0.401 e. The van der Waals surface area contributed by atoms with Crippen molar-refractivity contribution in [3.63, 3.8) is 0 Å². The topological polar surface area (TPSA) is 112 Å². The van der Waals surface area contributed by atoms with E-state index in [2.05, 4.69) is 12.2 Å². The van der Waals surface area contributed by atoms with Crippen molar-refractivity contribution in [2.45, 2.75) is 6.42 Å². The third-order valence-electron chi connectivity index (χ3n) is 1.09. The lowest BCUT2D eigenvalue weighted by Crippen LogP contribution is -2.22. The van der Waals surface area contributed by atoms with Crippen molar-refractivity contribution in [2.24, 2.45) is 17.2 Å². The van der Waals surface area contributed by atoms with Crippen LogP contribution in [-0.2, 0) is 9.59 Å². The molecule has 6 N–H and O–H groups in total. The zero-order chi connectivity index (χ0) is 9.72. The molecule has 0 heterocycles. The van der Waals surface area contributed by atoms with Gasteiger partial charge in [0.15, 0.2) is 6.29 Å². The van der Waals surface area contributed by atoms with Crippen LogP contribution in [0.3, 0.4) is 0 Å². The minimum Gasteiger partial charge on any atom is -0.401 e. The molecule has 0 saturated heterocycles. The van der Waals surface area contributed by atoms with Gasteiger partial charge in [-0.3, -0.25) is 9.59 Å². The number of amides is 1. The molecule has 0 radical (unpaired) electrons. The molecule has 0 aliphatic carbocycles. The summed E-state index contributed by atoms with van der Waals surface area (Å²) in [7, 11) is 0. The van der Waals surface area contributed by atoms with Crippen molar-refractivity contribution >= 4 is 29.4 Å². The van der Waals surface area contributed by atoms with E-state index in [0.29, 0.717) is 6.29 Å². The molecular weight excluding hydrogens is 178 g/mol. The Balaban J connectivity index is 4.72. The molecule has 6 heteroatoms. The van der Waals surface area contributed by atoms with Crippen molar-refractivity contribution in [3.8, 4) is 0 Å². The highest BCUT2D eigenvalue weighted by Crippen LogP contribution is 2.00. The average molecular weight is 187 g/mol. The van der Waals surface area contributed by atoms with E-state index in [4.69, 9.17) is 17.2 Å². The summed E-state index contributed by atoms with van der Waals surface area (Å²) in [5.74, 6) is -0.636. The Bertz CT molecular complexity index is 260. The number of primary amides is 1. The SMILES string of the molecule is NC(=O)C/C(N)=C(\C=O)C(N)=S. The van der Waals surface area contributed by atoms with Crippen molar-refractivity contribution < 1.29 is 9.59 Å². The lowest BCUT2D eigenvalue weighted by atomic mass is 10.2. The van der Waals surface area contributed by atoms with Gasteiger partial charge in [-0.25, -0.2) is 0 Å². The first-order chi connectivity index (χ1) is 5.49. The van der Waals surface area contributed by atoms with Crippen molar-refractivity contribution in [2.75, 3.05) is 0 Å². The molecule has 0 aromatic heterocycles. The second-order valence-corrected chi connectivity index (χ2v) is 2.50. The lowest BCUT2D eigenvalue weighted by molar-refractivity contribution is -0.117. The predicted octanol–water partition coefficient (Wildman–Crippen LogP) is -1.44. The molecular formula is C6H9N3O2S. The third kappa shape index (κ3) is 3.11. The number of rotatable bonds is 4. The first kappa shape index (κ1) is 10.6. The maximum Gasteiger partial charge on any atom is 0.223 e. The summed E-state index contributed by atoms with van der Waals surface area (Å²) < 4.78 is 0. The van der Waals surface area contributed by atoms with Crippen LogP contribution >= 0.6 is 12.2 Å². The highest BCUT2D eigenvalue weighted by Gasteiger charge is 2.07. The monoisotopic (exact) mass is 187 g/mol. The van der Waals surface area contributed by atoms with Gasteiger partial charge >= 0.3 is 0 Å². The number of nitrogens with two attached hydrogens (primary N) is 3. The highest BCUT2D eigenvalue weighted by molar-refractivity contribution is 7.80. The van der Waals surface area contributed by atoms with Crippen LogP contribution in [0.1, 0.15) is 6.42 Å². The molecule has 0 saturated carbocycles. The minimum atomic E-state index is -0.636. The van der Waals surface area contributed by atoms with E-state index >= 15 is 0 Å². The van der Waals surface area contributed by atoms with Crippen LogP contribution < -0.4 is 17.2 Å². The van der Waals surface area contributed by atoms with Crippen LogP contribution in [0.2, 0.25) is 0 Å². The zero-order valence-electron chi connectivity index (χ0n) is 6.24. The smallest absolute Gasteiger partial charge is 0.223 e. The second-order valence-electron chi connectivity index (χ2n) is 2.06. The van der Waals surface area contributed by atoms with Gasteiger partial charge in [-0.1, -0.05) is 12.2 Å². The van der Waals surface area contributed by atoms with E-state index in [9.17, 15) is 9.59 Å². The molecule has 5 nitrogen and oxygen atoms in total. The van der Waals surface area contributed by atoms with Crippen LogP contribution in [0.15, 0.2) is 11.3 Å². The molecule has 0 fully saturated rings. The van der Waals surface area contributed by atoms with Crippen molar-refractivity contribution in [1.29, 1.82) is 0 Å². The predicted molar refractivity (Wildman–Crippen MR) is 47.9 cm³/mol. The van der Waals surface area contributed by atoms with Gasteiger partial charge in [0.2, 0.25) is 5.91 Å². The number of carbonyl (C=O) groups is 2. The van der Waals surface area contributed by atoms with Crippen LogP contribution in [0, 0.1) is 0 Å². The summed E-state index contributed by atoms with van der Waals surface area (Å²) in [5, 5.41) is 0. The average Bonchev–Trinajstić information content (AvgIpc) is 1.85. The molecule has 0 unspecified atom stereocenters. The molecule has 0 rings (SSSR count). The highest BCUT2D eigenvalue weighted by atomic mass is 32.1. The number of hydrogen-bond acceptors (Lipinski definition) is 4. The van der Waals surface area contributed by atoms with Gasteiger partial charge in [0.05, 0.1) is 12.0 Å². The maximum atomic E-state index is 10.4. The maximum absolute atomic E-state index is 10.4. The number of thiocarbonyl (C=S) groups is 1. The van der Waals surface area contributed by atoms with Crippen LogP contribution in [0.25, 0.3) is 0 Å². The first-order valence-corrected chi connectivity index (χ1v) is 3.41. The fraction of sp³-hybridized carbons (Fsp3) is 0.167. The van der Waals surface area contributed by atoms with Crippen LogP contribution in [0.4, 0.5) is 0 Å². The molecule has 0 aliphatic rings. The Morgan fingerprint density at radius 3 is 2.08 bits per heavy atom. The fourth-order valence-electron chi connectivity index (χ4n) is 0.575. The van der Waals surface area contributed by atoms with E-state index in [0.717, 1.165) is 0 Å². The molecule has 0 bridgehead atoms. The molecule has 12 heavy (non-hydrogen) atoms. The summed E-state index contributed by atoms with van der Waals surface area (Å²) >= 11 is 4.50. The number of hydrogen-bond donors (Lipinski definition) is 3. The van der Waals surface area contributed by atoms with E-state index in [1.807, 2.05) is 0 Å². The molecule has 0 aliphatic heterocycles. The summed E-state index contributed by atoms with van der Waals surface area (Å²) in [4.78, 5) is 20.5. The van der Waals surface area contributed by atoms with Gasteiger partial charge < -0.3 is 17.2 Å². The van der Waals surface area contributed by atoms with Gasteiger partial charge in [0.25, 0.3) is 0 Å². The molecule has 0 aromatic carbocycles. The van der Waals surface area contributed by atoms with E-state index in [-0.39, 0.29) is 22.7 Å². The van der Waals surface area contributed by atoms with E-state index in [1.54, 1.807) is 0 Å². The molecule has 1 amide bonds. The Morgan fingerprint density at radius 2 is 1.83 bits per heavy atom. The molecule has 0 aromatic rings. The standard InChI is InChI=1S/C6H9N3O2S/c7-4(1-5(8)11)3(2-10)6(9)12/h2H,1,7H2,(H2,8,11)(H2,9,12)/b4-3-. The molecule has 66 valence electrons. The second kappa shape index (κ2) is 4.45. The van der Waals surface area contributed by atoms with Gasteiger partial charge in [-0.05, 0) is 0 Å². The van der Waals surface area contributed by atoms with Gasteiger partial charge in [-0.2, -0.15) is 0 Å². The molecule has 0 atom stereocenters. The normalized spacial score (nSPS) is 11.7. The minimum absolute atomic E-state index is 0.00463. The third-order valence-corrected chi connectivity index (χ3v) is 1.31. The number of carbonyl (C=O) groups excluding carboxylic acids is 2. The Labute approximate surface area is 74.6 Å². The Morgan fingerprint density at radius 1 is 1.33 bits per heavy atom. The molecule has 0 spiro atoms. The fourth-order valence-corrected chi connectivity index (χ4v) is 0.754. The summed E-state index contributed by atoms with van der Waals surface area (Å²) in [6.45, 7) is 0. The van der Waals surface area contributed by atoms with Crippen LogP contribution in [-0.4, -0.2) is 17.2 Å². The van der Waals surface area contributed by atoms with E-state index < -0.39 is 5.91 Å². The van der Waals surface area contributed by atoms with E-state index in [1.165, 1.54) is 0 Å². The summed E-state index contributed by atoms with van der Waals surface area (Å²) in [6.07, 6.45) is 0.187. The van der Waals surface area contributed by atoms with Crippen molar-refractivity contribution in [1.82, 2.24) is 0 Å². The van der Waals surface area contributed by atoms with Gasteiger partial charge in [0, 0.05) is 5.70 Å². The van der Waals surface area contributed by atoms with Gasteiger partial charge in [0.1, 0.15) is 4.99 Å². The zero-order valence-corrected chi connectivity index (χ0v) is 7.06. The summed E-state index contributed by atoms with van der Waals surface area (Å²) in [5.41, 5.74) is 15.2. The summed E-state index contributed by atoms with van der Waals surface area (Å²) in [6, 6.07) is 0. The van der Waals surface area contributed by atoms with Crippen molar-refractivity contribution in [3.05, 3.63) is 11.3 Å². The quantitative estimate of drug-likeness (QED) is 0.283. The Kier molecular flexibility index (Phi) is 3.92. The van der Waals surface area contributed by atoms with Gasteiger partial charge in [-0.15, -0.1) is 0 Å². The number of aldehydes is 1.